The topological polar surface area (TPSA) is 62.1 Å². The van der Waals surface area contributed by atoms with Gasteiger partial charge in [-0.15, -0.1) is 0 Å². The minimum atomic E-state index is -3.06. The van der Waals surface area contributed by atoms with Crippen LogP contribution in [-0.2, 0) is 0 Å². The highest BCUT2D eigenvalue weighted by atomic mass is 19.3. The summed E-state index contributed by atoms with van der Waals surface area (Å²) in [6.45, 7) is -3.06. The van der Waals surface area contributed by atoms with Crippen molar-refractivity contribution < 1.29 is 27.8 Å². The fourth-order valence-electron chi connectivity index (χ4n) is 5.80. The van der Waals surface area contributed by atoms with Crippen LogP contribution in [0.25, 0.3) is 16.9 Å². The fraction of sp³-hybridized carbons (Fsp3) is 0.481. The van der Waals surface area contributed by atoms with E-state index in [0.717, 1.165) is 30.9 Å². The number of carbonyl (C=O) groups is 1. The molecule has 3 fully saturated rings. The van der Waals surface area contributed by atoms with Crippen molar-refractivity contribution >= 4 is 11.4 Å². The molecule has 0 amide bonds. The van der Waals surface area contributed by atoms with Crippen LogP contribution >= 0.6 is 0 Å². The zero-order valence-corrected chi connectivity index (χ0v) is 19.6. The standard InChI is InChI=1S/C27H28F2N2O4/c1-33-23-11-18(12-24(35-27(28)29)26(23)21(32)9-15-2-3-15)20-14-30-25-13-19(6-7-31(20)25)34-22-10-16-4-5-17(22)8-16/h6-7,11-17,22,27H,2-5,8-10H2,1H3. The molecule has 6 nitrogen and oxygen atoms in total. The van der Waals surface area contributed by atoms with E-state index in [-0.39, 0.29) is 28.9 Å². The Morgan fingerprint density at radius 2 is 1.97 bits per heavy atom. The lowest BCUT2D eigenvalue weighted by Crippen LogP contribution is -2.23. The molecule has 0 saturated heterocycles. The van der Waals surface area contributed by atoms with Crippen molar-refractivity contribution in [3.8, 4) is 28.5 Å². The van der Waals surface area contributed by atoms with Gasteiger partial charge in [0, 0.05) is 24.2 Å². The summed E-state index contributed by atoms with van der Waals surface area (Å²) in [6, 6.07) is 6.96. The van der Waals surface area contributed by atoms with E-state index in [1.165, 1.54) is 32.4 Å². The van der Waals surface area contributed by atoms with Crippen molar-refractivity contribution in [2.24, 2.45) is 17.8 Å². The highest BCUT2D eigenvalue weighted by Gasteiger charge is 2.41. The number of aromatic nitrogens is 2. The van der Waals surface area contributed by atoms with Crippen molar-refractivity contribution in [2.75, 3.05) is 7.11 Å². The molecule has 0 N–H and O–H groups in total. The van der Waals surface area contributed by atoms with Gasteiger partial charge in [-0.1, -0.05) is 0 Å². The van der Waals surface area contributed by atoms with Crippen LogP contribution in [0.5, 0.6) is 17.2 Å². The molecule has 2 aromatic heterocycles. The Labute approximate surface area is 202 Å². The molecule has 0 spiro atoms. The molecule has 3 aliphatic carbocycles. The lowest BCUT2D eigenvalue weighted by molar-refractivity contribution is -0.0502. The van der Waals surface area contributed by atoms with E-state index in [4.69, 9.17) is 14.2 Å². The first-order valence-electron chi connectivity index (χ1n) is 12.3. The lowest BCUT2D eigenvalue weighted by Gasteiger charge is -2.23. The van der Waals surface area contributed by atoms with Crippen LogP contribution in [0.4, 0.5) is 8.78 Å². The second-order valence-corrected chi connectivity index (χ2v) is 10.1. The number of ether oxygens (including phenoxy) is 3. The van der Waals surface area contributed by atoms with Crippen molar-refractivity contribution in [1.82, 2.24) is 9.38 Å². The maximum atomic E-state index is 13.3. The minimum Gasteiger partial charge on any atom is -0.496 e. The van der Waals surface area contributed by atoms with E-state index in [1.54, 1.807) is 12.3 Å². The molecular formula is C27H28F2N2O4. The summed E-state index contributed by atoms with van der Waals surface area (Å²) < 4.78 is 44.9. The quantitative estimate of drug-likeness (QED) is 0.342. The SMILES string of the molecule is COc1cc(-c2cnc3cc(OC4CC5CCC4C5)ccn23)cc(OC(F)F)c1C(=O)CC1CC1. The number of methoxy groups -OCH3 is 1. The van der Waals surface area contributed by atoms with Gasteiger partial charge in [-0.3, -0.25) is 9.20 Å². The molecule has 8 heteroatoms. The monoisotopic (exact) mass is 482 g/mol. The van der Waals surface area contributed by atoms with E-state index in [1.807, 2.05) is 22.7 Å². The Kier molecular flexibility index (Phi) is 5.61. The second kappa shape index (κ2) is 8.81. The van der Waals surface area contributed by atoms with Crippen LogP contribution in [0.1, 0.15) is 55.3 Å². The number of fused-ring (bicyclic) bond motifs is 3. The molecule has 1 aromatic carbocycles. The van der Waals surface area contributed by atoms with Crippen LogP contribution in [0, 0.1) is 17.8 Å². The van der Waals surface area contributed by atoms with Gasteiger partial charge in [0.1, 0.15) is 34.6 Å². The van der Waals surface area contributed by atoms with E-state index < -0.39 is 6.61 Å². The third-order valence-electron chi connectivity index (χ3n) is 7.69. The average Bonchev–Trinajstić information content (AvgIpc) is 3.21. The molecule has 3 saturated carbocycles. The molecule has 3 aliphatic rings. The third kappa shape index (κ3) is 4.34. The molecule has 2 heterocycles. The Bertz CT molecular complexity index is 1270. The summed E-state index contributed by atoms with van der Waals surface area (Å²) in [6.07, 6.45) is 11.0. The van der Waals surface area contributed by atoms with Gasteiger partial charge in [0.15, 0.2) is 5.78 Å². The number of alkyl halides is 2. The molecule has 0 radical (unpaired) electrons. The van der Waals surface area contributed by atoms with Crippen LogP contribution in [0.2, 0.25) is 0 Å². The lowest BCUT2D eigenvalue weighted by atomic mass is 9.98. The zero-order chi connectivity index (χ0) is 24.1. The maximum absolute atomic E-state index is 13.3. The number of pyridine rings is 1. The fourth-order valence-corrected chi connectivity index (χ4v) is 5.80. The third-order valence-corrected chi connectivity index (χ3v) is 7.69. The van der Waals surface area contributed by atoms with Crippen LogP contribution in [0.3, 0.4) is 0 Å². The summed E-state index contributed by atoms with van der Waals surface area (Å²) in [7, 11) is 1.42. The smallest absolute Gasteiger partial charge is 0.387 e. The van der Waals surface area contributed by atoms with Crippen molar-refractivity contribution in [3.05, 3.63) is 42.2 Å². The minimum absolute atomic E-state index is 0.0684. The van der Waals surface area contributed by atoms with Crippen molar-refractivity contribution in [1.29, 1.82) is 0 Å². The second-order valence-electron chi connectivity index (χ2n) is 10.1. The van der Waals surface area contributed by atoms with Gasteiger partial charge in [-0.2, -0.15) is 8.78 Å². The number of hydrogen-bond donors (Lipinski definition) is 0. The number of benzene rings is 1. The number of ketones is 1. The predicted octanol–water partition coefficient (Wildman–Crippen LogP) is 6.16. The summed E-state index contributed by atoms with van der Waals surface area (Å²) >= 11 is 0. The normalized spacial score (nSPS) is 23.3. The predicted molar refractivity (Wildman–Crippen MR) is 125 cm³/mol. The van der Waals surface area contributed by atoms with Crippen molar-refractivity contribution in [3.63, 3.8) is 0 Å². The van der Waals surface area contributed by atoms with Gasteiger partial charge < -0.3 is 14.2 Å². The zero-order valence-electron chi connectivity index (χ0n) is 19.6. The van der Waals surface area contributed by atoms with E-state index >= 15 is 0 Å². The molecule has 3 atom stereocenters. The van der Waals surface area contributed by atoms with Gasteiger partial charge in [0.05, 0.1) is 19.0 Å². The van der Waals surface area contributed by atoms with Gasteiger partial charge in [0.2, 0.25) is 0 Å². The molecule has 6 rings (SSSR count). The van der Waals surface area contributed by atoms with E-state index in [0.29, 0.717) is 35.2 Å². The summed E-state index contributed by atoms with van der Waals surface area (Å²) in [5.41, 5.74) is 1.99. The summed E-state index contributed by atoms with van der Waals surface area (Å²) in [5, 5.41) is 0. The van der Waals surface area contributed by atoms with Crippen LogP contribution in [0.15, 0.2) is 36.7 Å². The number of nitrogens with zero attached hydrogens (tertiary/aromatic N) is 2. The molecule has 184 valence electrons. The molecule has 0 aliphatic heterocycles. The maximum Gasteiger partial charge on any atom is 0.387 e. The molecular weight excluding hydrogens is 454 g/mol. The van der Waals surface area contributed by atoms with Crippen LogP contribution < -0.4 is 14.2 Å². The average molecular weight is 483 g/mol. The van der Waals surface area contributed by atoms with Gasteiger partial charge >= 0.3 is 6.61 Å². The Hall–Kier alpha value is -3.16. The largest absolute Gasteiger partial charge is 0.496 e. The van der Waals surface area contributed by atoms with E-state index in [2.05, 4.69) is 4.98 Å². The van der Waals surface area contributed by atoms with Gasteiger partial charge in [-0.25, -0.2) is 4.98 Å². The molecule has 3 unspecified atom stereocenters. The Morgan fingerprint density at radius 3 is 2.66 bits per heavy atom. The highest BCUT2D eigenvalue weighted by molar-refractivity contribution is 6.02. The van der Waals surface area contributed by atoms with Crippen LogP contribution in [-0.4, -0.2) is 35.0 Å². The number of carbonyl (C=O) groups excluding carboxylic acids is 1. The first kappa shape index (κ1) is 22.3. The summed E-state index contributed by atoms with van der Waals surface area (Å²) in [4.78, 5) is 17.4. The first-order chi connectivity index (χ1) is 17.0. The van der Waals surface area contributed by atoms with Crippen molar-refractivity contribution in [2.45, 2.75) is 57.7 Å². The number of halogens is 2. The van der Waals surface area contributed by atoms with Gasteiger partial charge in [-0.05, 0) is 74.5 Å². The molecule has 35 heavy (non-hydrogen) atoms. The molecule has 3 aromatic rings. The number of imidazole rings is 1. The number of Topliss-reactive ketones (excluding diaryl/α,β-unsaturated/α-hetero) is 1. The van der Waals surface area contributed by atoms with E-state index in [9.17, 15) is 13.6 Å². The number of hydrogen-bond acceptors (Lipinski definition) is 5. The highest BCUT2D eigenvalue weighted by Crippen LogP contribution is 2.46. The van der Waals surface area contributed by atoms with Gasteiger partial charge in [0.25, 0.3) is 0 Å². The first-order valence-corrected chi connectivity index (χ1v) is 12.3. The molecule has 2 bridgehead atoms. The summed E-state index contributed by atoms with van der Waals surface area (Å²) in [5.74, 6) is 2.33. The Balaban J connectivity index is 1.33. The Morgan fingerprint density at radius 1 is 1.14 bits per heavy atom. The number of rotatable bonds is 9.